The summed E-state index contributed by atoms with van der Waals surface area (Å²) in [5.74, 6) is -0.315. The Hall–Kier alpha value is -1.62. The third-order valence-electron chi connectivity index (χ3n) is 2.94. The number of hydrogen-bond acceptors (Lipinski definition) is 4. The molecule has 0 bridgehead atoms. The van der Waals surface area contributed by atoms with E-state index in [0.29, 0.717) is 12.8 Å². The Labute approximate surface area is 92.5 Å². The topological polar surface area (TPSA) is 83.6 Å². The summed E-state index contributed by atoms with van der Waals surface area (Å²) in [6.45, 7) is 0. The van der Waals surface area contributed by atoms with Gasteiger partial charge in [0.2, 0.25) is 0 Å². The standard InChI is InChI=1S/C11H13NO4/c13-10-7-8(1-2-9(10)12(15)16)3-4-11(14)5-6-11/h1-2,7,13-14H,3-6H2. The van der Waals surface area contributed by atoms with E-state index in [9.17, 15) is 20.3 Å². The SMILES string of the molecule is O=[N+]([O-])c1ccc(CCC2(O)CC2)cc1O. The van der Waals surface area contributed by atoms with Crippen LogP contribution in [0.3, 0.4) is 0 Å². The normalized spacial score (nSPS) is 17.1. The van der Waals surface area contributed by atoms with Crippen molar-refractivity contribution in [3.8, 4) is 5.75 Å². The molecule has 0 spiro atoms. The number of aliphatic hydroxyl groups is 1. The maximum Gasteiger partial charge on any atom is 0.310 e. The van der Waals surface area contributed by atoms with Crippen LogP contribution in [0.5, 0.6) is 5.75 Å². The largest absolute Gasteiger partial charge is 0.502 e. The molecule has 0 unspecified atom stereocenters. The van der Waals surface area contributed by atoms with Gasteiger partial charge in [-0.2, -0.15) is 0 Å². The van der Waals surface area contributed by atoms with Gasteiger partial charge in [-0.05, 0) is 37.3 Å². The van der Waals surface area contributed by atoms with Crippen molar-refractivity contribution in [3.63, 3.8) is 0 Å². The number of nitro benzene ring substituents is 1. The maximum atomic E-state index is 10.5. The zero-order valence-corrected chi connectivity index (χ0v) is 8.72. The number of nitrogens with zero attached hydrogens (tertiary/aromatic N) is 1. The zero-order chi connectivity index (χ0) is 11.8. The molecule has 1 aromatic carbocycles. The van der Waals surface area contributed by atoms with Gasteiger partial charge in [0.05, 0.1) is 10.5 Å². The molecule has 0 heterocycles. The Kier molecular flexibility index (Phi) is 2.55. The van der Waals surface area contributed by atoms with Crippen LogP contribution >= 0.6 is 0 Å². The molecule has 5 heteroatoms. The van der Waals surface area contributed by atoms with Crippen LogP contribution in [0.15, 0.2) is 18.2 Å². The fourth-order valence-electron chi connectivity index (χ4n) is 1.65. The fourth-order valence-corrected chi connectivity index (χ4v) is 1.65. The maximum absolute atomic E-state index is 10.5. The molecule has 86 valence electrons. The second-order valence-electron chi connectivity index (χ2n) is 4.30. The van der Waals surface area contributed by atoms with Crippen molar-refractivity contribution in [3.05, 3.63) is 33.9 Å². The van der Waals surface area contributed by atoms with Crippen LogP contribution < -0.4 is 0 Å². The summed E-state index contributed by atoms with van der Waals surface area (Å²) >= 11 is 0. The second-order valence-corrected chi connectivity index (χ2v) is 4.30. The smallest absolute Gasteiger partial charge is 0.310 e. The Bertz CT molecular complexity index is 426. The lowest BCUT2D eigenvalue weighted by Crippen LogP contribution is -2.07. The Morgan fingerprint density at radius 3 is 2.62 bits per heavy atom. The van der Waals surface area contributed by atoms with E-state index in [-0.39, 0.29) is 11.4 Å². The molecule has 5 nitrogen and oxygen atoms in total. The van der Waals surface area contributed by atoms with E-state index in [1.54, 1.807) is 6.07 Å². The Balaban J connectivity index is 2.05. The van der Waals surface area contributed by atoms with Gasteiger partial charge in [0, 0.05) is 6.07 Å². The lowest BCUT2D eigenvalue weighted by Gasteiger charge is -2.07. The lowest BCUT2D eigenvalue weighted by atomic mass is 10.0. The number of phenols is 1. The second kappa shape index (κ2) is 3.75. The Morgan fingerprint density at radius 2 is 2.12 bits per heavy atom. The number of phenolic OH excluding ortho intramolecular Hbond substituents is 1. The van der Waals surface area contributed by atoms with Crippen molar-refractivity contribution in [2.24, 2.45) is 0 Å². The number of aromatic hydroxyl groups is 1. The number of rotatable bonds is 4. The molecule has 1 saturated carbocycles. The van der Waals surface area contributed by atoms with E-state index >= 15 is 0 Å². The predicted octanol–water partition coefficient (Wildman–Crippen LogP) is 1.76. The summed E-state index contributed by atoms with van der Waals surface area (Å²) in [6, 6.07) is 4.30. The number of nitro groups is 1. The molecule has 0 aromatic heterocycles. The molecule has 2 rings (SSSR count). The molecule has 0 saturated heterocycles. The van der Waals surface area contributed by atoms with E-state index < -0.39 is 10.5 Å². The van der Waals surface area contributed by atoms with Crippen LogP contribution in [0.1, 0.15) is 24.8 Å². The van der Waals surface area contributed by atoms with E-state index in [1.807, 2.05) is 0 Å². The summed E-state index contributed by atoms with van der Waals surface area (Å²) in [6.07, 6.45) is 2.92. The van der Waals surface area contributed by atoms with Gasteiger partial charge in [0.1, 0.15) is 0 Å². The summed E-state index contributed by atoms with van der Waals surface area (Å²) < 4.78 is 0. The van der Waals surface area contributed by atoms with Crippen LogP contribution in [0.4, 0.5) is 5.69 Å². The van der Waals surface area contributed by atoms with Crippen molar-refractivity contribution in [2.75, 3.05) is 0 Å². The van der Waals surface area contributed by atoms with Gasteiger partial charge in [0.25, 0.3) is 0 Å². The van der Waals surface area contributed by atoms with Crippen molar-refractivity contribution >= 4 is 5.69 Å². The summed E-state index contributed by atoms with van der Waals surface area (Å²) in [4.78, 5) is 9.85. The number of hydrogen-bond donors (Lipinski definition) is 2. The molecular weight excluding hydrogens is 210 g/mol. The van der Waals surface area contributed by atoms with Crippen molar-refractivity contribution in [1.82, 2.24) is 0 Å². The monoisotopic (exact) mass is 223 g/mol. The molecule has 0 atom stereocenters. The highest BCUT2D eigenvalue weighted by Gasteiger charge is 2.39. The van der Waals surface area contributed by atoms with E-state index in [2.05, 4.69) is 0 Å². The van der Waals surface area contributed by atoms with Crippen molar-refractivity contribution < 1.29 is 15.1 Å². The van der Waals surface area contributed by atoms with E-state index in [1.165, 1.54) is 12.1 Å². The van der Waals surface area contributed by atoms with Gasteiger partial charge in [-0.3, -0.25) is 10.1 Å². The highest BCUT2D eigenvalue weighted by atomic mass is 16.6. The first kappa shape index (κ1) is 10.9. The van der Waals surface area contributed by atoms with Gasteiger partial charge >= 0.3 is 5.69 Å². The van der Waals surface area contributed by atoms with E-state index in [0.717, 1.165) is 18.4 Å². The molecule has 1 aliphatic rings. The van der Waals surface area contributed by atoms with E-state index in [4.69, 9.17) is 0 Å². The highest BCUT2D eigenvalue weighted by Crippen LogP contribution is 2.39. The van der Waals surface area contributed by atoms with Crippen LogP contribution in [0, 0.1) is 10.1 Å². The van der Waals surface area contributed by atoms with Crippen molar-refractivity contribution in [2.45, 2.75) is 31.3 Å². The number of aryl methyl sites for hydroxylation is 1. The summed E-state index contributed by atoms with van der Waals surface area (Å²) in [7, 11) is 0. The summed E-state index contributed by atoms with van der Waals surface area (Å²) in [5.41, 5.74) is -0.00508. The minimum absolute atomic E-state index is 0.283. The molecule has 2 N–H and O–H groups in total. The van der Waals surface area contributed by atoms with Gasteiger partial charge in [-0.15, -0.1) is 0 Å². The predicted molar refractivity (Wildman–Crippen MR) is 57.3 cm³/mol. The quantitative estimate of drug-likeness (QED) is 0.601. The average Bonchev–Trinajstić information content (AvgIpc) is 2.94. The third-order valence-corrected chi connectivity index (χ3v) is 2.94. The van der Waals surface area contributed by atoms with Crippen LogP contribution in [-0.2, 0) is 6.42 Å². The molecule has 0 radical (unpaired) electrons. The number of benzene rings is 1. The minimum Gasteiger partial charge on any atom is -0.502 e. The van der Waals surface area contributed by atoms with Crippen molar-refractivity contribution in [1.29, 1.82) is 0 Å². The first-order valence-corrected chi connectivity index (χ1v) is 5.19. The average molecular weight is 223 g/mol. The molecule has 0 amide bonds. The van der Waals surface area contributed by atoms with Gasteiger partial charge < -0.3 is 10.2 Å². The fraction of sp³-hybridized carbons (Fsp3) is 0.455. The van der Waals surface area contributed by atoms with Gasteiger partial charge in [0.15, 0.2) is 5.75 Å². The van der Waals surface area contributed by atoms with Crippen LogP contribution in [-0.4, -0.2) is 20.7 Å². The summed E-state index contributed by atoms with van der Waals surface area (Å²) in [5, 5.41) is 29.5. The van der Waals surface area contributed by atoms with Crippen LogP contribution in [0.2, 0.25) is 0 Å². The molecule has 16 heavy (non-hydrogen) atoms. The zero-order valence-electron chi connectivity index (χ0n) is 8.72. The Morgan fingerprint density at radius 1 is 1.44 bits per heavy atom. The first-order valence-electron chi connectivity index (χ1n) is 5.19. The van der Waals surface area contributed by atoms with Crippen LogP contribution in [0.25, 0.3) is 0 Å². The van der Waals surface area contributed by atoms with Gasteiger partial charge in [-0.25, -0.2) is 0 Å². The minimum atomic E-state index is -0.618. The van der Waals surface area contributed by atoms with Gasteiger partial charge in [-0.1, -0.05) is 6.07 Å². The highest BCUT2D eigenvalue weighted by molar-refractivity contribution is 5.47. The lowest BCUT2D eigenvalue weighted by molar-refractivity contribution is -0.385. The molecule has 1 aromatic rings. The first-order chi connectivity index (χ1) is 7.50. The molecule has 1 fully saturated rings. The third kappa shape index (κ3) is 2.30. The molecular formula is C11H13NO4. The molecule has 1 aliphatic carbocycles. The molecule has 0 aliphatic heterocycles.